The lowest BCUT2D eigenvalue weighted by atomic mass is 9.91. The number of ether oxygens (including phenoxy) is 1. The summed E-state index contributed by atoms with van der Waals surface area (Å²) in [6, 6.07) is 1.39. The SMILES string of the molecule is COc1cc(F)c(C(C)(C)C)nc1C. The van der Waals surface area contributed by atoms with Gasteiger partial charge in [-0.05, 0) is 6.92 Å². The monoisotopic (exact) mass is 197 g/mol. The molecular weight excluding hydrogens is 181 g/mol. The molecule has 14 heavy (non-hydrogen) atoms. The fourth-order valence-electron chi connectivity index (χ4n) is 1.30. The Balaban J connectivity index is 3.29. The van der Waals surface area contributed by atoms with E-state index in [1.54, 1.807) is 0 Å². The van der Waals surface area contributed by atoms with Gasteiger partial charge in [0.15, 0.2) is 0 Å². The van der Waals surface area contributed by atoms with Crippen LogP contribution in [0.15, 0.2) is 6.07 Å². The molecule has 3 heteroatoms. The van der Waals surface area contributed by atoms with Crippen LogP contribution in [0.4, 0.5) is 4.39 Å². The Morgan fingerprint density at radius 1 is 1.36 bits per heavy atom. The van der Waals surface area contributed by atoms with E-state index in [0.29, 0.717) is 11.4 Å². The highest BCUT2D eigenvalue weighted by Crippen LogP contribution is 2.27. The first-order valence-electron chi connectivity index (χ1n) is 4.58. The third-order valence-corrected chi connectivity index (χ3v) is 2.05. The van der Waals surface area contributed by atoms with Crippen molar-refractivity contribution in [3.63, 3.8) is 0 Å². The Morgan fingerprint density at radius 3 is 2.36 bits per heavy atom. The molecule has 2 nitrogen and oxygen atoms in total. The number of aromatic nitrogens is 1. The van der Waals surface area contributed by atoms with Crippen molar-refractivity contribution in [2.45, 2.75) is 33.1 Å². The van der Waals surface area contributed by atoms with Gasteiger partial charge in [-0.25, -0.2) is 4.39 Å². The van der Waals surface area contributed by atoms with E-state index in [1.165, 1.54) is 13.2 Å². The van der Waals surface area contributed by atoms with Crippen LogP contribution in [-0.4, -0.2) is 12.1 Å². The van der Waals surface area contributed by atoms with E-state index >= 15 is 0 Å². The summed E-state index contributed by atoms with van der Waals surface area (Å²) in [4.78, 5) is 4.21. The predicted molar refractivity (Wildman–Crippen MR) is 54.2 cm³/mol. The fraction of sp³-hybridized carbons (Fsp3) is 0.545. The van der Waals surface area contributed by atoms with Crippen LogP contribution in [0.2, 0.25) is 0 Å². The highest BCUT2D eigenvalue weighted by atomic mass is 19.1. The molecule has 0 bridgehead atoms. The van der Waals surface area contributed by atoms with Crippen molar-refractivity contribution in [2.75, 3.05) is 7.11 Å². The van der Waals surface area contributed by atoms with Gasteiger partial charge in [-0.2, -0.15) is 0 Å². The van der Waals surface area contributed by atoms with Gasteiger partial charge < -0.3 is 4.74 Å². The van der Waals surface area contributed by atoms with Crippen LogP contribution in [-0.2, 0) is 5.41 Å². The van der Waals surface area contributed by atoms with Crippen molar-refractivity contribution in [1.82, 2.24) is 4.98 Å². The van der Waals surface area contributed by atoms with E-state index in [9.17, 15) is 4.39 Å². The second-order valence-corrected chi connectivity index (χ2v) is 4.36. The maximum atomic E-state index is 13.6. The molecule has 0 unspecified atom stereocenters. The zero-order chi connectivity index (χ0) is 10.9. The number of pyridine rings is 1. The van der Waals surface area contributed by atoms with E-state index in [2.05, 4.69) is 4.98 Å². The minimum absolute atomic E-state index is 0.277. The molecule has 0 aliphatic heterocycles. The van der Waals surface area contributed by atoms with Gasteiger partial charge in [0, 0.05) is 11.5 Å². The number of hydrogen-bond acceptors (Lipinski definition) is 2. The van der Waals surface area contributed by atoms with Gasteiger partial charge in [-0.1, -0.05) is 20.8 Å². The van der Waals surface area contributed by atoms with Crippen molar-refractivity contribution in [1.29, 1.82) is 0 Å². The van der Waals surface area contributed by atoms with E-state index in [0.717, 1.165) is 5.69 Å². The minimum atomic E-state index is -0.306. The minimum Gasteiger partial charge on any atom is -0.495 e. The lowest BCUT2D eigenvalue weighted by Gasteiger charge is -2.19. The molecule has 0 atom stereocenters. The van der Waals surface area contributed by atoms with Crippen molar-refractivity contribution >= 4 is 0 Å². The molecular formula is C11H16FNO. The van der Waals surface area contributed by atoms with Gasteiger partial charge in [-0.15, -0.1) is 0 Å². The molecule has 0 N–H and O–H groups in total. The molecule has 0 spiro atoms. The summed E-state index contributed by atoms with van der Waals surface area (Å²) in [5.74, 6) is 0.190. The molecule has 1 rings (SSSR count). The van der Waals surface area contributed by atoms with Crippen LogP contribution >= 0.6 is 0 Å². The first-order chi connectivity index (χ1) is 6.36. The quantitative estimate of drug-likeness (QED) is 0.690. The Kier molecular flexibility index (Phi) is 2.79. The van der Waals surface area contributed by atoms with Crippen molar-refractivity contribution < 1.29 is 9.13 Å². The molecule has 0 saturated heterocycles. The Morgan fingerprint density at radius 2 is 1.93 bits per heavy atom. The van der Waals surface area contributed by atoms with Crippen LogP contribution < -0.4 is 4.74 Å². The first-order valence-corrected chi connectivity index (χ1v) is 4.58. The number of nitrogens with zero attached hydrogens (tertiary/aromatic N) is 1. The van der Waals surface area contributed by atoms with Crippen molar-refractivity contribution in [2.24, 2.45) is 0 Å². The first kappa shape index (κ1) is 11.0. The lowest BCUT2D eigenvalue weighted by molar-refractivity contribution is 0.399. The summed E-state index contributed by atoms with van der Waals surface area (Å²) < 4.78 is 18.6. The standard InChI is InChI=1S/C11H16FNO/c1-7-9(14-5)6-8(12)10(13-7)11(2,3)4/h6H,1-5H3. The van der Waals surface area contributed by atoms with Gasteiger partial charge >= 0.3 is 0 Å². The molecule has 1 aromatic heterocycles. The molecule has 0 amide bonds. The van der Waals surface area contributed by atoms with Crippen LogP contribution in [0.1, 0.15) is 32.2 Å². The van der Waals surface area contributed by atoms with Gasteiger partial charge in [0.2, 0.25) is 0 Å². The van der Waals surface area contributed by atoms with E-state index < -0.39 is 0 Å². The second kappa shape index (κ2) is 3.56. The second-order valence-electron chi connectivity index (χ2n) is 4.36. The third kappa shape index (κ3) is 2.03. The predicted octanol–water partition coefficient (Wildman–Crippen LogP) is 2.84. The molecule has 0 radical (unpaired) electrons. The summed E-state index contributed by atoms with van der Waals surface area (Å²) in [6.45, 7) is 7.62. The zero-order valence-corrected chi connectivity index (χ0v) is 9.31. The summed E-state index contributed by atoms with van der Waals surface area (Å²) >= 11 is 0. The number of rotatable bonds is 1. The zero-order valence-electron chi connectivity index (χ0n) is 9.31. The van der Waals surface area contributed by atoms with Crippen molar-refractivity contribution in [3.05, 3.63) is 23.3 Å². The smallest absolute Gasteiger partial charge is 0.148 e. The van der Waals surface area contributed by atoms with Crippen molar-refractivity contribution in [3.8, 4) is 5.75 Å². The van der Waals surface area contributed by atoms with Crippen LogP contribution in [0.5, 0.6) is 5.75 Å². The number of methoxy groups -OCH3 is 1. The van der Waals surface area contributed by atoms with Crippen LogP contribution in [0.3, 0.4) is 0 Å². The van der Waals surface area contributed by atoms with Gasteiger partial charge in [0.05, 0.1) is 18.5 Å². The van der Waals surface area contributed by atoms with E-state index in [-0.39, 0.29) is 11.2 Å². The number of hydrogen-bond donors (Lipinski definition) is 0. The Hall–Kier alpha value is -1.12. The maximum Gasteiger partial charge on any atom is 0.148 e. The average Bonchev–Trinajstić information content (AvgIpc) is 2.06. The number of aryl methyl sites for hydroxylation is 1. The normalized spacial score (nSPS) is 11.6. The van der Waals surface area contributed by atoms with E-state index in [4.69, 9.17) is 4.74 Å². The molecule has 1 heterocycles. The lowest BCUT2D eigenvalue weighted by Crippen LogP contribution is -2.17. The van der Waals surface area contributed by atoms with E-state index in [1.807, 2.05) is 27.7 Å². The summed E-state index contributed by atoms with van der Waals surface area (Å²) in [6.07, 6.45) is 0. The van der Waals surface area contributed by atoms with Crippen LogP contribution in [0.25, 0.3) is 0 Å². The highest BCUT2D eigenvalue weighted by molar-refractivity contribution is 5.31. The summed E-state index contributed by atoms with van der Waals surface area (Å²) in [5.41, 5.74) is 0.927. The molecule has 1 aromatic rings. The van der Waals surface area contributed by atoms with Gasteiger partial charge in [0.25, 0.3) is 0 Å². The molecule has 0 aromatic carbocycles. The van der Waals surface area contributed by atoms with Crippen LogP contribution in [0, 0.1) is 12.7 Å². The fourth-order valence-corrected chi connectivity index (χ4v) is 1.30. The molecule has 0 fully saturated rings. The van der Waals surface area contributed by atoms with Gasteiger partial charge in [0.1, 0.15) is 11.6 Å². The Labute approximate surface area is 84.1 Å². The topological polar surface area (TPSA) is 22.1 Å². The maximum absolute atomic E-state index is 13.6. The summed E-state index contributed by atoms with van der Waals surface area (Å²) in [7, 11) is 1.51. The molecule has 0 aliphatic carbocycles. The molecule has 0 aliphatic rings. The third-order valence-electron chi connectivity index (χ3n) is 2.05. The summed E-state index contributed by atoms with van der Waals surface area (Å²) in [5, 5.41) is 0. The average molecular weight is 197 g/mol. The molecule has 78 valence electrons. The molecule has 0 saturated carbocycles. The highest BCUT2D eigenvalue weighted by Gasteiger charge is 2.21. The largest absolute Gasteiger partial charge is 0.495 e. The van der Waals surface area contributed by atoms with Gasteiger partial charge in [-0.3, -0.25) is 4.98 Å². The Bertz CT molecular complexity index is 342. The number of halogens is 1.